The van der Waals surface area contributed by atoms with Gasteiger partial charge in [0, 0.05) is 36.9 Å². The highest BCUT2D eigenvalue weighted by Crippen LogP contribution is 2.34. The number of aryl methyl sites for hydroxylation is 3. The predicted octanol–water partition coefficient (Wildman–Crippen LogP) is 5.06. The molecule has 31 heavy (non-hydrogen) atoms. The zero-order valence-electron chi connectivity index (χ0n) is 18.4. The van der Waals surface area contributed by atoms with Crippen molar-refractivity contribution in [3.63, 3.8) is 0 Å². The highest BCUT2D eigenvalue weighted by atomic mass is 35.5. The number of nitrogen functional groups attached to an aromatic ring is 1. The van der Waals surface area contributed by atoms with Gasteiger partial charge in [-0.2, -0.15) is 4.98 Å². The Morgan fingerprint density at radius 3 is 2.23 bits per heavy atom. The Kier molecular flexibility index (Phi) is 5.92. The van der Waals surface area contributed by atoms with Gasteiger partial charge in [-0.25, -0.2) is 4.98 Å². The van der Waals surface area contributed by atoms with E-state index in [0.717, 1.165) is 42.3 Å². The van der Waals surface area contributed by atoms with Crippen molar-refractivity contribution in [2.45, 2.75) is 27.7 Å². The zero-order chi connectivity index (χ0) is 22.1. The normalized spacial score (nSPS) is 14.1. The van der Waals surface area contributed by atoms with Gasteiger partial charge < -0.3 is 20.3 Å². The number of halogens is 1. The molecular weight excluding hydrogens is 410 g/mol. The van der Waals surface area contributed by atoms with Gasteiger partial charge in [-0.15, -0.1) is 0 Å². The highest BCUT2D eigenvalue weighted by molar-refractivity contribution is 6.32. The number of anilines is 3. The summed E-state index contributed by atoms with van der Waals surface area (Å²) in [7, 11) is 0. The van der Waals surface area contributed by atoms with E-state index >= 15 is 0 Å². The second-order valence-electron chi connectivity index (χ2n) is 8.08. The van der Waals surface area contributed by atoms with Crippen LogP contribution in [-0.2, 0) is 0 Å². The van der Waals surface area contributed by atoms with Crippen molar-refractivity contribution < 1.29 is 4.74 Å². The van der Waals surface area contributed by atoms with Crippen molar-refractivity contribution in [2.24, 2.45) is 0 Å². The number of ether oxygens (including phenoxy) is 1. The first-order valence-corrected chi connectivity index (χ1v) is 10.8. The number of nitrogens with two attached hydrogens (primary N) is 1. The van der Waals surface area contributed by atoms with Crippen LogP contribution in [0.1, 0.15) is 22.3 Å². The largest absolute Gasteiger partial charge is 0.437 e. The number of rotatable bonds is 4. The van der Waals surface area contributed by atoms with Crippen molar-refractivity contribution in [1.29, 1.82) is 0 Å². The van der Waals surface area contributed by atoms with Crippen LogP contribution in [0.25, 0.3) is 0 Å². The quantitative estimate of drug-likeness (QED) is 0.615. The molecule has 0 spiro atoms. The van der Waals surface area contributed by atoms with E-state index in [4.69, 9.17) is 22.1 Å². The molecule has 0 atom stereocenters. The van der Waals surface area contributed by atoms with Gasteiger partial charge >= 0.3 is 0 Å². The maximum atomic E-state index is 6.43. The summed E-state index contributed by atoms with van der Waals surface area (Å²) < 4.78 is 6.00. The maximum absolute atomic E-state index is 6.43. The van der Waals surface area contributed by atoms with E-state index in [1.54, 1.807) is 0 Å². The number of nitrogens with zero attached hydrogens (tertiary/aromatic N) is 4. The first-order chi connectivity index (χ1) is 14.8. The third-order valence-corrected chi connectivity index (χ3v) is 6.54. The van der Waals surface area contributed by atoms with E-state index in [0.29, 0.717) is 23.1 Å². The molecule has 0 amide bonds. The summed E-state index contributed by atoms with van der Waals surface area (Å²) in [6.07, 6.45) is 1.51. The van der Waals surface area contributed by atoms with Crippen molar-refractivity contribution >= 4 is 28.8 Å². The fourth-order valence-corrected chi connectivity index (χ4v) is 4.13. The molecule has 1 saturated heterocycles. The number of piperazine rings is 1. The Morgan fingerprint density at radius 1 is 0.903 bits per heavy atom. The molecular formula is C24H28ClN5O. The van der Waals surface area contributed by atoms with Crippen LogP contribution >= 0.6 is 11.6 Å². The summed E-state index contributed by atoms with van der Waals surface area (Å²) in [6, 6.07) is 10.2. The molecule has 0 saturated carbocycles. The Balaban J connectivity index is 1.51. The molecule has 2 aromatic carbocycles. The summed E-state index contributed by atoms with van der Waals surface area (Å²) in [5.74, 6) is 1.74. The molecule has 2 N–H and O–H groups in total. The van der Waals surface area contributed by atoms with Crippen LogP contribution in [0.4, 0.5) is 17.2 Å². The lowest BCUT2D eigenvalue weighted by atomic mass is 10.1. The van der Waals surface area contributed by atoms with E-state index < -0.39 is 0 Å². The lowest BCUT2D eigenvalue weighted by molar-refractivity contribution is 0.463. The lowest BCUT2D eigenvalue weighted by Crippen LogP contribution is -2.47. The van der Waals surface area contributed by atoms with Crippen LogP contribution in [0.3, 0.4) is 0 Å². The van der Waals surface area contributed by atoms with Crippen molar-refractivity contribution in [3.05, 3.63) is 63.9 Å². The zero-order valence-corrected chi connectivity index (χ0v) is 19.2. The van der Waals surface area contributed by atoms with E-state index in [1.165, 1.54) is 23.1 Å². The average Bonchev–Trinajstić information content (AvgIpc) is 2.76. The monoisotopic (exact) mass is 437 g/mol. The lowest BCUT2D eigenvalue weighted by Gasteiger charge is -2.38. The van der Waals surface area contributed by atoms with E-state index in [2.05, 4.69) is 51.8 Å². The number of hydrogen-bond donors (Lipinski definition) is 1. The van der Waals surface area contributed by atoms with Crippen LogP contribution in [0.15, 0.2) is 36.7 Å². The number of aromatic nitrogens is 2. The fourth-order valence-electron chi connectivity index (χ4n) is 4.02. The molecule has 0 radical (unpaired) electrons. The van der Waals surface area contributed by atoms with Gasteiger partial charge in [-0.05, 0) is 68.1 Å². The summed E-state index contributed by atoms with van der Waals surface area (Å²) in [5, 5.41) is 0.741. The van der Waals surface area contributed by atoms with E-state index in [-0.39, 0.29) is 0 Å². The molecule has 2 heterocycles. The molecule has 1 aromatic heterocycles. The smallest absolute Gasteiger partial charge is 0.248 e. The van der Waals surface area contributed by atoms with Crippen molar-refractivity contribution in [1.82, 2.24) is 9.97 Å². The minimum Gasteiger partial charge on any atom is -0.437 e. The molecule has 0 bridgehead atoms. The summed E-state index contributed by atoms with van der Waals surface area (Å²) in [4.78, 5) is 13.3. The van der Waals surface area contributed by atoms with Gasteiger partial charge in [0.2, 0.25) is 5.88 Å². The van der Waals surface area contributed by atoms with Crippen LogP contribution in [0.2, 0.25) is 5.02 Å². The van der Waals surface area contributed by atoms with Crippen LogP contribution in [0, 0.1) is 27.7 Å². The topological polar surface area (TPSA) is 67.5 Å². The molecule has 1 fully saturated rings. The Morgan fingerprint density at radius 2 is 1.55 bits per heavy atom. The van der Waals surface area contributed by atoms with Gasteiger partial charge in [-0.1, -0.05) is 23.7 Å². The van der Waals surface area contributed by atoms with Gasteiger partial charge in [0.05, 0.1) is 0 Å². The van der Waals surface area contributed by atoms with Crippen molar-refractivity contribution in [2.75, 3.05) is 41.7 Å². The predicted molar refractivity (Wildman–Crippen MR) is 128 cm³/mol. The van der Waals surface area contributed by atoms with Gasteiger partial charge in [0.25, 0.3) is 0 Å². The molecule has 1 aliphatic rings. The van der Waals surface area contributed by atoms with E-state index in [9.17, 15) is 0 Å². The second-order valence-corrected chi connectivity index (χ2v) is 8.46. The number of hydrogen-bond acceptors (Lipinski definition) is 6. The van der Waals surface area contributed by atoms with Crippen LogP contribution < -0.4 is 20.3 Å². The Bertz CT molecular complexity index is 1090. The standard InChI is InChI=1S/C24H28ClN5O/c1-15-6-5-7-20(18(15)4)29-8-10-30(11-9-29)23-22(26)24(28-14-27-23)31-19-12-16(2)21(25)17(3)13-19/h5-7,12-14H,8-11,26H2,1-4H3. The summed E-state index contributed by atoms with van der Waals surface area (Å²) >= 11 is 6.27. The van der Waals surface area contributed by atoms with Gasteiger partial charge in [0.15, 0.2) is 5.82 Å². The minimum absolute atomic E-state index is 0.364. The highest BCUT2D eigenvalue weighted by Gasteiger charge is 2.23. The SMILES string of the molecule is Cc1cccc(N2CCN(c3ncnc(Oc4cc(C)c(Cl)c(C)c4)c3N)CC2)c1C. The van der Waals surface area contributed by atoms with Crippen molar-refractivity contribution in [3.8, 4) is 11.6 Å². The second kappa shape index (κ2) is 8.63. The summed E-state index contributed by atoms with van der Waals surface area (Å²) in [5.41, 5.74) is 12.7. The molecule has 3 aromatic rings. The molecule has 1 aliphatic heterocycles. The van der Waals surface area contributed by atoms with Gasteiger partial charge in [0.1, 0.15) is 17.8 Å². The van der Waals surface area contributed by atoms with Crippen LogP contribution in [-0.4, -0.2) is 36.1 Å². The average molecular weight is 438 g/mol. The Labute approximate surface area is 188 Å². The molecule has 0 unspecified atom stereocenters. The molecule has 4 rings (SSSR count). The maximum Gasteiger partial charge on any atom is 0.248 e. The fraction of sp³-hybridized carbons (Fsp3) is 0.333. The number of benzene rings is 2. The van der Waals surface area contributed by atoms with Crippen LogP contribution in [0.5, 0.6) is 11.6 Å². The third-order valence-electron chi connectivity index (χ3n) is 5.95. The molecule has 6 nitrogen and oxygen atoms in total. The molecule has 162 valence electrons. The Hall–Kier alpha value is -2.99. The van der Waals surface area contributed by atoms with Gasteiger partial charge in [-0.3, -0.25) is 0 Å². The molecule has 0 aliphatic carbocycles. The first-order valence-electron chi connectivity index (χ1n) is 10.5. The van der Waals surface area contributed by atoms with E-state index in [1.807, 2.05) is 26.0 Å². The first kappa shape index (κ1) is 21.2. The third kappa shape index (κ3) is 4.26. The minimum atomic E-state index is 0.364. The molecule has 7 heteroatoms. The summed E-state index contributed by atoms with van der Waals surface area (Å²) in [6.45, 7) is 11.7.